The third-order valence-corrected chi connectivity index (χ3v) is 7.16. The van der Waals surface area contributed by atoms with Crippen molar-refractivity contribution in [2.75, 3.05) is 29.4 Å². The van der Waals surface area contributed by atoms with Gasteiger partial charge in [-0.2, -0.15) is 0 Å². The summed E-state index contributed by atoms with van der Waals surface area (Å²) in [7, 11) is 0. The van der Waals surface area contributed by atoms with E-state index in [1.165, 1.54) is 6.07 Å². The topological polar surface area (TPSA) is 69.8 Å². The van der Waals surface area contributed by atoms with Crippen molar-refractivity contribution in [2.24, 2.45) is 0 Å². The molecule has 0 bridgehead atoms. The van der Waals surface area contributed by atoms with Gasteiger partial charge in [-0.05, 0) is 74.1 Å². The van der Waals surface area contributed by atoms with Crippen LogP contribution in [0.5, 0.6) is 0 Å². The molecular weight excluding hydrogens is 443 g/mol. The van der Waals surface area contributed by atoms with Crippen molar-refractivity contribution in [3.05, 3.63) is 72.2 Å². The van der Waals surface area contributed by atoms with Crippen LogP contribution in [0.25, 0.3) is 17.0 Å². The number of fused-ring (bicyclic) bond motifs is 1. The smallest absolute Gasteiger partial charge is 0.154 e. The highest BCUT2D eigenvalue weighted by molar-refractivity contribution is 5.62. The molecule has 1 aromatic carbocycles. The summed E-state index contributed by atoms with van der Waals surface area (Å²) >= 11 is 0. The average Bonchev–Trinajstić information content (AvgIpc) is 3.33. The summed E-state index contributed by atoms with van der Waals surface area (Å²) in [4.78, 5) is 14.0. The third-order valence-electron chi connectivity index (χ3n) is 7.16. The van der Waals surface area contributed by atoms with Crippen molar-refractivity contribution in [1.29, 1.82) is 0 Å². The number of rotatable bonds is 4. The van der Waals surface area contributed by atoms with Crippen molar-refractivity contribution in [3.63, 3.8) is 0 Å². The Balaban J connectivity index is 1.34. The number of hydrogen-bond donors (Lipinski definition) is 1. The summed E-state index contributed by atoms with van der Waals surface area (Å²) in [5.41, 5.74) is 3.39. The minimum Gasteiger partial charge on any atom is -0.393 e. The van der Waals surface area contributed by atoms with E-state index in [2.05, 4.69) is 14.8 Å². The van der Waals surface area contributed by atoms with E-state index in [1.807, 2.05) is 47.1 Å². The summed E-state index contributed by atoms with van der Waals surface area (Å²) in [6, 6.07) is 17.0. The molecule has 0 saturated carbocycles. The maximum absolute atomic E-state index is 14.0. The van der Waals surface area contributed by atoms with E-state index in [0.29, 0.717) is 0 Å². The molecule has 1 atom stereocenters. The highest BCUT2D eigenvalue weighted by Gasteiger charge is 2.26. The molecule has 2 aliphatic heterocycles. The number of hydrogen-bond acceptors (Lipinski definition) is 6. The highest BCUT2D eigenvalue weighted by atomic mass is 19.1. The molecule has 0 radical (unpaired) electrons. The number of anilines is 2. The highest BCUT2D eigenvalue weighted by Crippen LogP contribution is 2.35. The Morgan fingerprint density at radius 2 is 1.74 bits per heavy atom. The standard InChI is InChI=1S/C27H29FN6O/c28-20-6-3-5-19(17-20)23-8-1-2-14-33(23)27-11-10-25-29-18-24(34(25)31-27)22-7-4-9-26(30-22)32-15-12-21(35)13-16-32/h3-7,9-11,17-18,21,23,35H,1-2,8,12-16H2. The Morgan fingerprint density at radius 1 is 0.886 bits per heavy atom. The summed E-state index contributed by atoms with van der Waals surface area (Å²) < 4.78 is 15.8. The predicted octanol–water partition coefficient (Wildman–Crippen LogP) is 4.62. The van der Waals surface area contributed by atoms with Crippen molar-refractivity contribution in [1.82, 2.24) is 19.6 Å². The van der Waals surface area contributed by atoms with Gasteiger partial charge in [0.2, 0.25) is 0 Å². The van der Waals surface area contributed by atoms with E-state index < -0.39 is 0 Å². The molecule has 2 fully saturated rings. The lowest BCUT2D eigenvalue weighted by molar-refractivity contribution is 0.145. The molecule has 6 rings (SSSR count). The first-order valence-corrected chi connectivity index (χ1v) is 12.4. The van der Waals surface area contributed by atoms with E-state index in [0.717, 1.165) is 86.0 Å². The number of benzene rings is 1. The Labute approximate surface area is 203 Å². The maximum Gasteiger partial charge on any atom is 0.154 e. The van der Waals surface area contributed by atoms with Gasteiger partial charge in [0.15, 0.2) is 5.65 Å². The van der Waals surface area contributed by atoms with Gasteiger partial charge in [-0.3, -0.25) is 0 Å². The number of aliphatic hydroxyl groups is 1. The van der Waals surface area contributed by atoms with Gasteiger partial charge in [-0.1, -0.05) is 18.2 Å². The molecule has 5 heterocycles. The molecule has 1 N–H and O–H groups in total. The molecule has 7 nitrogen and oxygen atoms in total. The summed E-state index contributed by atoms with van der Waals surface area (Å²) in [5.74, 6) is 1.55. The number of imidazole rings is 1. The van der Waals surface area contributed by atoms with Gasteiger partial charge in [-0.15, -0.1) is 5.10 Å². The second-order valence-electron chi connectivity index (χ2n) is 9.46. The monoisotopic (exact) mass is 472 g/mol. The van der Waals surface area contributed by atoms with E-state index in [9.17, 15) is 9.50 Å². The molecule has 0 aliphatic carbocycles. The quantitative estimate of drug-likeness (QED) is 0.467. The Bertz CT molecular complexity index is 1330. The van der Waals surface area contributed by atoms with Gasteiger partial charge < -0.3 is 14.9 Å². The Kier molecular flexibility index (Phi) is 5.82. The fourth-order valence-corrected chi connectivity index (χ4v) is 5.29. The molecule has 0 spiro atoms. The van der Waals surface area contributed by atoms with Crippen LogP contribution in [-0.4, -0.2) is 50.4 Å². The first-order chi connectivity index (χ1) is 17.2. The van der Waals surface area contributed by atoms with Crippen LogP contribution in [-0.2, 0) is 0 Å². The van der Waals surface area contributed by atoms with Crippen LogP contribution in [0.15, 0.2) is 60.8 Å². The van der Waals surface area contributed by atoms with E-state index in [4.69, 9.17) is 10.1 Å². The van der Waals surface area contributed by atoms with Crippen LogP contribution in [0.3, 0.4) is 0 Å². The zero-order valence-corrected chi connectivity index (χ0v) is 19.6. The van der Waals surface area contributed by atoms with Gasteiger partial charge in [-0.25, -0.2) is 18.9 Å². The van der Waals surface area contributed by atoms with Gasteiger partial charge in [0.25, 0.3) is 0 Å². The van der Waals surface area contributed by atoms with Gasteiger partial charge >= 0.3 is 0 Å². The lowest BCUT2D eigenvalue weighted by Crippen LogP contribution is -2.36. The van der Waals surface area contributed by atoms with Crippen molar-refractivity contribution >= 4 is 17.3 Å². The molecule has 3 aromatic heterocycles. The summed E-state index contributed by atoms with van der Waals surface area (Å²) in [5, 5.41) is 14.8. The largest absolute Gasteiger partial charge is 0.393 e. The van der Waals surface area contributed by atoms with Crippen LogP contribution in [0.1, 0.15) is 43.7 Å². The number of piperidine rings is 2. The first-order valence-electron chi connectivity index (χ1n) is 12.4. The third kappa shape index (κ3) is 4.34. The Morgan fingerprint density at radius 3 is 2.60 bits per heavy atom. The lowest BCUT2D eigenvalue weighted by atomic mass is 9.95. The Hall–Kier alpha value is -3.52. The molecule has 2 aliphatic rings. The summed E-state index contributed by atoms with van der Waals surface area (Å²) in [6.45, 7) is 2.46. The molecule has 8 heteroatoms. The van der Waals surface area contributed by atoms with Crippen LogP contribution in [0.4, 0.5) is 16.0 Å². The molecule has 2 saturated heterocycles. The fourth-order valence-electron chi connectivity index (χ4n) is 5.29. The molecule has 4 aromatic rings. The van der Waals surface area contributed by atoms with Gasteiger partial charge in [0.1, 0.15) is 23.1 Å². The van der Waals surface area contributed by atoms with Crippen molar-refractivity contribution in [3.8, 4) is 11.4 Å². The van der Waals surface area contributed by atoms with E-state index in [-0.39, 0.29) is 18.0 Å². The zero-order chi connectivity index (χ0) is 23.8. The average molecular weight is 473 g/mol. The van der Waals surface area contributed by atoms with Crippen LogP contribution < -0.4 is 9.80 Å². The number of aliphatic hydroxyl groups excluding tert-OH is 1. The number of nitrogens with zero attached hydrogens (tertiary/aromatic N) is 6. The fraction of sp³-hybridized carbons (Fsp3) is 0.370. The van der Waals surface area contributed by atoms with Crippen molar-refractivity contribution < 1.29 is 9.50 Å². The minimum absolute atomic E-state index is 0.0901. The predicted molar refractivity (Wildman–Crippen MR) is 134 cm³/mol. The van der Waals surface area contributed by atoms with E-state index in [1.54, 1.807) is 12.1 Å². The van der Waals surface area contributed by atoms with Crippen molar-refractivity contribution in [2.45, 2.75) is 44.2 Å². The van der Waals surface area contributed by atoms with Crippen LogP contribution in [0, 0.1) is 5.82 Å². The summed E-state index contributed by atoms with van der Waals surface area (Å²) in [6.07, 6.45) is 6.27. The molecular formula is C27H29FN6O. The van der Waals surface area contributed by atoms with Crippen LogP contribution >= 0.6 is 0 Å². The number of pyridine rings is 1. The molecule has 180 valence electrons. The number of halogens is 1. The zero-order valence-electron chi connectivity index (χ0n) is 19.6. The van der Waals surface area contributed by atoms with Gasteiger partial charge in [0, 0.05) is 19.6 Å². The van der Waals surface area contributed by atoms with Crippen LogP contribution in [0.2, 0.25) is 0 Å². The molecule has 1 unspecified atom stereocenters. The SMILES string of the molecule is OC1CCN(c2cccc(-c3cnc4ccc(N5CCCCC5c5cccc(F)c5)nn34)n2)CC1. The number of aromatic nitrogens is 4. The second-order valence-corrected chi connectivity index (χ2v) is 9.46. The maximum atomic E-state index is 14.0. The first kappa shape index (κ1) is 22.0. The normalized spacial score (nSPS) is 19.4. The van der Waals surface area contributed by atoms with Gasteiger partial charge in [0.05, 0.1) is 24.0 Å². The van der Waals surface area contributed by atoms with E-state index >= 15 is 0 Å². The molecule has 0 amide bonds. The lowest BCUT2D eigenvalue weighted by Gasteiger charge is -2.37. The molecule has 35 heavy (non-hydrogen) atoms. The minimum atomic E-state index is -0.221. The second kappa shape index (κ2) is 9.26.